The molecule has 26 heteroatoms. The first-order valence-corrected chi connectivity index (χ1v) is 8.76. The molecule has 218 valence electrons. The molecule has 0 rings (SSSR count). The Morgan fingerprint density at radius 1 is 0.432 bits per heavy atom. The molecule has 37 heavy (non-hydrogen) atoms. The smallest absolute Gasteiger partial charge is 0.743 e. The Kier molecular flexibility index (Phi) is 10.5. The first-order chi connectivity index (χ1) is 15.1. The van der Waals surface area contributed by atoms with Crippen molar-refractivity contribution < 1.29 is 157 Å². The van der Waals surface area contributed by atoms with Gasteiger partial charge in [-0.15, -0.1) is 0 Å². The second kappa shape index (κ2) is 9.87. The van der Waals surface area contributed by atoms with Crippen LogP contribution in [-0.2, 0) is 10.1 Å². The van der Waals surface area contributed by atoms with E-state index in [2.05, 4.69) is 0 Å². The zero-order valence-electron chi connectivity index (χ0n) is 16.3. The summed E-state index contributed by atoms with van der Waals surface area (Å²) in [5.41, 5.74) is 0. The van der Waals surface area contributed by atoms with Crippen LogP contribution in [0.25, 0.3) is 0 Å². The fourth-order valence-corrected chi connectivity index (χ4v) is 2.28. The maximum Gasteiger partial charge on any atom is 1.00 e. The van der Waals surface area contributed by atoms with Gasteiger partial charge in [-0.2, -0.15) is 87.8 Å². The van der Waals surface area contributed by atoms with Gasteiger partial charge < -0.3 is 4.55 Å². The van der Waals surface area contributed by atoms with Crippen molar-refractivity contribution in [1.29, 1.82) is 0 Å². The molecule has 0 saturated carbocycles. The molecule has 0 fully saturated rings. The predicted molar refractivity (Wildman–Crippen MR) is 65.1 cm³/mol. The fraction of sp³-hybridized carbons (Fsp3) is 1.00. The van der Waals surface area contributed by atoms with Crippen LogP contribution in [0.15, 0.2) is 0 Å². The topological polar surface area (TPSA) is 57.2 Å². The van der Waals surface area contributed by atoms with Crippen LogP contribution in [0.5, 0.6) is 0 Å². The molecular weight excluding hydrogens is 650 g/mol. The fourth-order valence-electron chi connectivity index (χ4n) is 1.84. The summed E-state index contributed by atoms with van der Waals surface area (Å²) in [5, 5.41) is -8.17. The van der Waals surface area contributed by atoms with E-state index in [0.717, 1.165) is 0 Å². The van der Waals surface area contributed by atoms with E-state index in [0.29, 0.717) is 0 Å². The Bertz CT molecular complexity index is 941. The van der Waals surface area contributed by atoms with E-state index in [1.165, 1.54) is 0 Å². The van der Waals surface area contributed by atoms with Gasteiger partial charge in [-0.05, 0) is 0 Å². The van der Waals surface area contributed by atoms with Crippen molar-refractivity contribution >= 4 is 10.1 Å². The van der Waals surface area contributed by atoms with E-state index in [1.807, 2.05) is 0 Å². The second-order valence-electron chi connectivity index (χ2n) is 6.40. The van der Waals surface area contributed by atoms with Gasteiger partial charge >= 0.3 is 110 Å². The van der Waals surface area contributed by atoms with E-state index in [4.69, 9.17) is 0 Å². The summed E-state index contributed by atoms with van der Waals surface area (Å²) in [7, 11) is -8.34. The SMILES string of the molecule is O=S(=O)([O-])C(F)(F)C(F)(F)C(F)(F)C(F)(F)C(F)(F)C(F)(F)C(F)(F)C(F)(F)C(F)(F)C(F)(F)CF.[K+]. The molecule has 0 aromatic carbocycles. The van der Waals surface area contributed by atoms with Crippen LogP contribution in [-0.4, -0.2) is 78.2 Å². The molecule has 0 atom stereocenters. The molecule has 0 N–H and O–H groups in total. The molecule has 0 radical (unpaired) electrons. The average Bonchev–Trinajstić information content (AvgIpc) is 2.65. The standard InChI is InChI=1S/C11H3F21O3S.K/c12-1-2(13,14)3(15,16)4(17,18)5(19,20)6(21,22)7(23,24)8(25,26)9(27,28)10(29,30)11(31,32)36(33,34)35;/h1H2,(H,33,34,35);/q;+1/p-1. The third-order valence-corrected chi connectivity index (χ3v) is 4.95. The number of alkyl halides is 21. The Labute approximate surface area is 230 Å². The maximum absolute atomic E-state index is 13.4. The van der Waals surface area contributed by atoms with Crippen molar-refractivity contribution in [2.75, 3.05) is 6.67 Å². The predicted octanol–water partition coefficient (Wildman–Crippen LogP) is 2.82. The molecule has 0 aliphatic carbocycles. The zero-order valence-corrected chi connectivity index (χ0v) is 20.2. The second-order valence-corrected chi connectivity index (χ2v) is 7.83. The summed E-state index contributed by atoms with van der Waals surface area (Å²) in [6, 6.07) is 0. The van der Waals surface area contributed by atoms with Crippen molar-refractivity contribution in [3.63, 3.8) is 0 Å². The minimum atomic E-state index is -9.37. The summed E-state index contributed by atoms with van der Waals surface area (Å²) < 4.78 is 304. The van der Waals surface area contributed by atoms with Crippen LogP contribution in [0.1, 0.15) is 0 Å². The molecule has 0 heterocycles. The molecule has 0 aliphatic heterocycles. The third-order valence-electron chi connectivity index (χ3n) is 4.07. The van der Waals surface area contributed by atoms with E-state index in [1.54, 1.807) is 0 Å². The maximum atomic E-state index is 13.4. The minimum absolute atomic E-state index is 0. The van der Waals surface area contributed by atoms with Crippen LogP contribution in [0, 0.1) is 0 Å². The quantitative estimate of drug-likeness (QED) is 0.196. The van der Waals surface area contributed by atoms with E-state index in [9.17, 15) is 105 Å². The van der Waals surface area contributed by atoms with Crippen molar-refractivity contribution in [2.24, 2.45) is 0 Å². The average molecular weight is 652 g/mol. The molecule has 0 aromatic heterocycles. The first-order valence-electron chi connectivity index (χ1n) is 7.35. The monoisotopic (exact) mass is 652 g/mol. The largest absolute Gasteiger partial charge is 1.00 e. The van der Waals surface area contributed by atoms with Gasteiger partial charge in [0.05, 0.1) is 0 Å². The Morgan fingerprint density at radius 2 is 0.622 bits per heavy atom. The van der Waals surface area contributed by atoms with Crippen molar-refractivity contribution in [3.05, 3.63) is 0 Å². The van der Waals surface area contributed by atoms with Gasteiger partial charge in [-0.3, -0.25) is 0 Å². The Hall–Kier alpha value is 0.0764. The molecular formula is C11H2F21KO3S. The molecule has 0 bridgehead atoms. The van der Waals surface area contributed by atoms with Gasteiger partial charge in [0, 0.05) is 0 Å². The van der Waals surface area contributed by atoms with Crippen LogP contribution < -0.4 is 51.4 Å². The van der Waals surface area contributed by atoms with Crippen LogP contribution >= 0.6 is 0 Å². The van der Waals surface area contributed by atoms with E-state index in [-0.39, 0.29) is 51.4 Å². The molecule has 0 spiro atoms. The van der Waals surface area contributed by atoms with Gasteiger partial charge in [-0.25, -0.2) is 12.8 Å². The van der Waals surface area contributed by atoms with Crippen molar-refractivity contribution in [1.82, 2.24) is 0 Å². The number of hydrogen-bond donors (Lipinski definition) is 0. The van der Waals surface area contributed by atoms with Gasteiger partial charge in [-0.1, -0.05) is 0 Å². The molecule has 0 saturated heterocycles. The number of rotatable bonds is 11. The summed E-state index contributed by atoms with van der Waals surface area (Å²) in [5.74, 6) is -79.4. The van der Waals surface area contributed by atoms with Crippen molar-refractivity contribution in [2.45, 2.75) is 58.6 Å². The van der Waals surface area contributed by atoms with Crippen LogP contribution in [0.4, 0.5) is 92.2 Å². The molecule has 0 unspecified atom stereocenters. The molecule has 0 aliphatic rings. The van der Waals surface area contributed by atoms with Gasteiger partial charge in [0.1, 0.15) is 0 Å². The molecule has 3 nitrogen and oxygen atoms in total. The number of hydrogen-bond acceptors (Lipinski definition) is 3. The first kappa shape index (κ1) is 39.2. The minimum Gasteiger partial charge on any atom is -0.743 e. The summed E-state index contributed by atoms with van der Waals surface area (Å²) in [4.78, 5) is 0. The van der Waals surface area contributed by atoms with E-state index >= 15 is 0 Å². The zero-order chi connectivity index (χ0) is 30.2. The van der Waals surface area contributed by atoms with Crippen LogP contribution in [0.3, 0.4) is 0 Å². The van der Waals surface area contributed by atoms with Gasteiger partial charge in [0.15, 0.2) is 16.8 Å². The Balaban J connectivity index is 0. The molecule has 0 aromatic rings. The van der Waals surface area contributed by atoms with Crippen molar-refractivity contribution in [3.8, 4) is 0 Å². The summed E-state index contributed by atoms with van der Waals surface area (Å²) >= 11 is 0. The van der Waals surface area contributed by atoms with E-state index < -0.39 is 75.4 Å². The summed E-state index contributed by atoms with van der Waals surface area (Å²) in [6.07, 6.45) is 0. The summed E-state index contributed by atoms with van der Waals surface area (Å²) in [6.45, 7) is -4.17. The number of halogens is 21. The molecule has 0 amide bonds. The Morgan fingerprint density at radius 3 is 0.811 bits per heavy atom. The van der Waals surface area contributed by atoms with Gasteiger partial charge in [0.2, 0.25) is 0 Å². The normalized spacial score (nSPS) is 16.5. The third kappa shape index (κ3) is 4.84. The van der Waals surface area contributed by atoms with Crippen LogP contribution in [0.2, 0.25) is 0 Å². The van der Waals surface area contributed by atoms with Gasteiger partial charge in [0.25, 0.3) is 0 Å².